The van der Waals surface area contributed by atoms with Gasteiger partial charge in [-0.3, -0.25) is 19.2 Å². The number of rotatable bonds is 12. The molecule has 6 aromatic rings. The van der Waals surface area contributed by atoms with Crippen LogP contribution in [0.25, 0.3) is 21.9 Å². The number of carbonyl (C=O) groups excluding carboxylic acids is 4. The van der Waals surface area contributed by atoms with Crippen molar-refractivity contribution in [3.05, 3.63) is 106 Å². The zero-order chi connectivity index (χ0) is 49.6. The first-order chi connectivity index (χ1) is 33.6. The van der Waals surface area contributed by atoms with Gasteiger partial charge in [0.25, 0.3) is 11.8 Å². The van der Waals surface area contributed by atoms with Gasteiger partial charge in [-0.05, 0) is 140 Å². The van der Waals surface area contributed by atoms with Crippen LogP contribution in [-0.4, -0.2) is 114 Å². The van der Waals surface area contributed by atoms with Crippen LogP contribution in [-0.2, 0) is 14.3 Å². The molecule has 2 aromatic carbocycles. The molecule has 4 aromatic heterocycles. The molecule has 5 N–H and O–H groups in total. The number of ether oxygens (including phenoxy) is 1. The minimum atomic E-state index is -1.13. The second kappa shape index (κ2) is 21.8. The number of aliphatic imine (C=N–C) groups is 1. The zero-order valence-corrected chi connectivity index (χ0v) is 40.5. The molecule has 1 aliphatic heterocycles. The Labute approximate surface area is 413 Å². The second-order valence-electron chi connectivity index (χ2n) is 17.9. The smallest absolute Gasteiger partial charge is 0.335 e. The number of hydrogen-bond acceptors (Lipinski definition) is 13. The van der Waals surface area contributed by atoms with E-state index in [-0.39, 0.29) is 57.8 Å². The van der Waals surface area contributed by atoms with E-state index in [9.17, 15) is 29.1 Å². The Morgan fingerprint density at radius 1 is 0.614 bits per heavy atom. The van der Waals surface area contributed by atoms with Gasteiger partial charge in [0.2, 0.25) is 29.2 Å². The number of carboxylic acids is 1. The monoisotopic (exact) mass is 993 g/mol. The summed E-state index contributed by atoms with van der Waals surface area (Å²) < 4.78 is 17.3. The lowest BCUT2D eigenvalue weighted by atomic mass is 9.85. The van der Waals surface area contributed by atoms with E-state index in [0.29, 0.717) is 69.0 Å². The van der Waals surface area contributed by atoms with Crippen molar-refractivity contribution < 1.29 is 42.7 Å². The molecule has 366 valence electrons. The van der Waals surface area contributed by atoms with Gasteiger partial charge in [0.15, 0.2) is 0 Å². The number of nitrogens with one attached hydrogen (secondary N) is 4. The molecule has 9 rings (SSSR count). The molecular formula is C50H53Cl2N9O9. The number of fused-ring (bicyclic) bond motifs is 2. The summed E-state index contributed by atoms with van der Waals surface area (Å²) in [6.45, 7) is 1.12. The molecule has 0 saturated heterocycles. The average Bonchev–Trinajstić information content (AvgIpc) is 4.11. The lowest BCUT2D eigenvalue weighted by Gasteiger charge is -2.31. The molecule has 2 aliphatic carbocycles. The van der Waals surface area contributed by atoms with Crippen molar-refractivity contribution in [2.45, 2.75) is 63.5 Å². The molecule has 0 unspecified atom stereocenters. The van der Waals surface area contributed by atoms with Gasteiger partial charge in [0.05, 0.1) is 22.2 Å². The van der Waals surface area contributed by atoms with E-state index < -0.39 is 17.8 Å². The molecule has 20 heteroatoms. The Hall–Kier alpha value is -6.86. The first kappa shape index (κ1) is 49.6. The van der Waals surface area contributed by atoms with Gasteiger partial charge in [-0.15, -0.1) is 0 Å². The Kier molecular flexibility index (Phi) is 15.5. The van der Waals surface area contributed by atoms with Crippen molar-refractivity contribution in [3.63, 3.8) is 0 Å². The highest BCUT2D eigenvalue weighted by Gasteiger charge is 2.32. The molecule has 0 atom stereocenters. The lowest BCUT2D eigenvalue weighted by molar-refractivity contribution is -0.121. The van der Waals surface area contributed by atoms with Crippen molar-refractivity contribution in [1.82, 2.24) is 19.8 Å². The third-order valence-electron chi connectivity index (χ3n) is 12.9. The Morgan fingerprint density at radius 3 is 1.50 bits per heavy atom. The molecule has 2 saturated carbocycles. The predicted octanol–water partition coefficient (Wildman–Crippen LogP) is 9.06. The Balaban J connectivity index is 0.000000189. The van der Waals surface area contributed by atoms with Gasteiger partial charge in [0.1, 0.15) is 40.8 Å². The van der Waals surface area contributed by atoms with E-state index in [1.165, 1.54) is 36.7 Å². The number of aromatic carboxylic acids is 1. The van der Waals surface area contributed by atoms with Crippen molar-refractivity contribution >= 4 is 104 Å². The second-order valence-corrected chi connectivity index (χ2v) is 18.8. The van der Waals surface area contributed by atoms with Crippen LogP contribution < -0.4 is 21.3 Å². The molecule has 3 aliphatic rings. The highest BCUT2D eigenvalue weighted by molar-refractivity contribution is 6.30. The quantitative estimate of drug-likeness (QED) is 0.0771. The van der Waals surface area contributed by atoms with Gasteiger partial charge in [0, 0.05) is 52.6 Å². The molecule has 2 fully saturated rings. The van der Waals surface area contributed by atoms with Crippen molar-refractivity contribution in [3.8, 4) is 0 Å². The van der Waals surface area contributed by atoms with Crippen LogP contribution in [0.5, 0.6) is 0 Å². The van der Waals surface area contributed by atoms with Gasteiger partial charge < -0.3 is 49.7 Å². The third-order valence-corrected chi connectivity index (χ3v) is 13.3. The highest BCUT2D eigenvalue weighted by atomic mass is 35.5. The molecule has 0 spiro atoms. The van der Waals surface area contributed by atoms with Crippen LogP contribution in [0.2, 0.25) is 10.0 Å². The number of amides is 4. The average molecular weight is 995 g/mol. The van der Waals surface area contributed by atoms with E-state index in [4.69, 9.17) is 36.8 Å². The van der Waals surface area contributed by atoms with Crippen LogP contribution in [0, 0.1) is 11.8 Å². The van der Waals surface area contributed by atoms with Crippen LogP contribution in [0.15, 0.2) is 86.9 Å². The van der Waals surface area contributed by atoms with Gasteiger partial charge in [-0.2, -0.15) is 0 Å². The van der Waals surface area contributed by atoms with Crippen LogP contribution in [0.1, 0.15) is 88.4 Å². The standard InChI is InChI=1S/C26H28ClN5O4.C24H25ClN4O5/c1-32(2)18-7-3-15(4-8-18)24(33)31-22-19-13-16(26-28-11-12-35-26)5-9-20(19)36-23(22)25(34)30-21-10-6-17(27)14-29-21;1-29(2)16-7-3-13(4-8-16)22(30)28-20-17-11-14(24(32)33)5-9-18(17)34-21(20)23(31)27-19-10-6-15(25)12-26-19/h5-6,9-10,13-15,18H,3-4,7-8,11-12H2,1-2H3,(H,31,33)(H,29,30,34);5-6,9-13,16H,3-4,7-8H2,1-2H3,(H,28,30)(H,32,33)(H,26,27,31). The fourth-order valence-corrected chi connectivity index (χ4v) is 9.17. The van der Waals surface area contributed by atoms with Crippen molar-refractivity contribution in [2.24, 2.45) is 16.8 Å². The molecule has 0 radical (unpaired) electrons. The van der Waals surface area contributed by atoms with E-state index >= 15 is 0 Å². The summed E-state index contributed by atoms with van der Waals surface area (Å²) in [5.74, 6) is -1.99. The van der Waals surface area contributed by atoms with E-state index in [0.717, 1.165) is 56.9 Å². The van der Waals surface area contributed by atoms with Gasteiger partial charge >= 0.3 is 5.97 Å². The fraction of sp³-hybridized carbons (Fsp3) is 0.360. The van der Waals surface area contributed by atoms with Crippen molar-refractivity contribution in [2.75, 3.05) is 62.6 Å². The third kappa shape index (κ3) is 11.6. The largest absolute Gasteiger partial charge is 0.478 e. The normalized spacial score (nSPS) is 18.9. The minimum absolute atomic E-state index is 0.00325. The Morgan fingerprint density at radius 2 is 1.09 bits per heavy atom. The maximum atomic E-state index is 13.3. The number of carboxylic acid groups (broad SMARTS) is 1. The number of nitrogens with zero attached hydrogens (tertiary/aromatic N) is 5. The number of carbonyl (C=O) groups is 5. The van der Waals surface area contributed by atoms with Crippen LogP contribution in [0.4, 0.5) is 23.0 Å². The first-order valence-electron chi connectivity index (χ1n) is 23.0. The predicted molar refractivity (Wildman–Crippen MR) is 267 cm³/mol. The molecule has 0 bridgehead atoms. The summed E-state index contributed by atoms with van der Waals surface area (Å²) in [5, 5.41) is 22.4. The summed E-state index contributed by atoms with van der Waals surface area (Å²) in [6, 6.07) is 16.9. The van der Waals surface area contributed by atoms with E-state index in [1.54, 1.807) is 24.3 Å². The molecule has 18 nitrogen and oxygen atoms in total. The number of benzene rings is 2. The van der Waals surface area contributed by atoms with Crippen LogP contribution in [0.3, 0.4) is 0 Å². The maximum Gasteiger partial charge on any atom is 0.335 e. The molecule has 70 heavy (non-hydrogen) atoms. The number of hydrogen-bond donors (Lipinski definition) is 5. The van der Waals surface area contributed by atoms with Crippen molar-refractivity contribution in [1.29, 1.82) is 0 Å². The molecule has 4 amide bonds. The number of aromatic nitrogens is 2. The lowest BCUT2D eigenvalue weighted by Crippen LogP contribution is -2.35. The Bertz CT molecular complexity index is 2940. The summed E-state index contributed by atoms with van der Waals surface area (Å²) in [4.78, 5) is 81.1. The number of pyridine rings is 2. The first-order valence-corrected chi connectivity index (χ1v) is 23.7. The summed E-state index contributed by atoms with van der Waals surface area (Å²) in [5.41, 5.74) is 2.00. The minimum Gasteiger partial charge on any atom is -0.478 e. The topological polar surface area (TPSA) is 234 Å². The maximum absolute atomic E-state index is 13.3. The van der Waals surface area contributed by atoms with Gasteiger partial charge in [-0.1, -0.05) is 23.2 Å². The summed E-state index contributed by atoms with van der Waals surface area (Å²) in [6.07, 6.45) is 9.56. The molecule has 5 heterocycles. The van der Waals surface area contributed by atoms with E-state index in [1.807, 2.05) is 26.2 Å². The highest BCUT2D eigenvalue weighted by Crippen LogP contribution is 2.37. The zero-order valence-electron chi connectivity index (χ0n) is 39.0. The molecular weight excluding hydrogens is 942 g/mol. The van der Waals surface area contributed by atoms with Crippen LogP contribution >= 0.6 is 23.2 Å². The van der Waals surface area contributed by atoms with Gasteiger partial charge in [-0.25, -0.2) is 19.8 Å². The SMILES string of the molecule is CN(C)C1CCC(C(=O)Nc2c(C(=O)Nc3ccc(Cl)cn3)oc3ccc(C(=O)O)cc23)CC1.CN(C)C1CCC(C(=O)Nc2c(C(=O)Nc3ccc(Cl)cn3)oc3ccc(C4=NCCO4)cc23)CC1. The summed E-state index contributed by atoms with van der Waals surface area (Å²) in [7, 11) is 8.20. The number of anilines is 4. The van der Waals surface area contributed by atoms with E-state index in [2.05, 4.69) is 60.1 Å². The number of halogens is 2. The summed E-state index contributed by atoms with van der Waals surface area (Å²) >= 11 is 11.8. The fourth-order valence-electron chi connectivity index (χ4n) is 8.94. The number of furan rings is 2.